The number of nitrogens with zero attached hydrogens (tertiary/aromatic N) is 3. The third kappa shape index (κ3) is 1.87. The van der Waals surface area contributed by atoms with Crippen LogP contribution in [0.3, 0.4) is 0 Å². The highest BCUT2D eigenvalue weighted by atomic mass is 79.9. The first kappa shape index (κ1) is 10.5. The Morgan fingerprint density at radius 1 is 1.53 bits per heavy atom. The van der Waals surface area contributed by atoms with Gasteiger partial charge in [0.2, 0.25) is 0 Å². The molecule has 0 spiro atoms. The average molecular weight is 285 g/mol. The van der Waals surface area contributed by atoms with Crippen molar-refractivity contribution in [3.8, 4) is 11.5 Å². The third-order valence-corrected chi connectivity index (χ3v) is 3.62. The maximum atomic E-state index is 5.14. The third-order valence-electron chi connectivity index (χ3n) is 2.10. The van der Waals surface area contributed by atoms with Gasteiger partial charge in [-0.25, -0.2) is 9.97 Å². The lowest BCUT2D eigenvalue weighted by atomic mass is 10.4. The quantitative estimate of drug-likeness (QED) is 0.819. The van der Waals surface area contributed by atoms with Gasteiger partial charge >= 0.3 is 0 Å². The minimum absolute atomic E-state index is 0.558. The van der Waals surface area contributed by atoms with Crippen LogP contribution in [0.1, 0.15) is 5.69 Å². The number of hydrogen-bond acceptors (Lipinski definition) is 3. The van der Waals surface area contributed by atoms with Crippen LogP contribution in [0, 0.1) is 11.6 Å². The first-order valence-electron chi connectivity index (χ1n) is 4.32. The summed E-state index contributed by atoms with van der Waals surface area (Å²) in [6.45, 7) is 1.95. The Balaban J connectivity index is 2.66. The van der Waals surface area contributed by atoms with Crippen molar-refractivity contribution >= 4 is 28.1 Å². The van der Waals surface area contributed by atoms with Crippen molar-refractivity contribution in [2.24, 2.45) is 7.05 Å². The number of aryl methyl sites for hydroxylation is 2. The van der Waals surface area contributed by atoms with Gasteiger partial charge in [-0.3, -0.25) is 0 Å². The highest BCUT2D eigenvalue weighted by Gasteiger charge is 2.07. The molecule has 0 aliphatic carbocycles. The number of imidazole rings is 1. The number of aromatic nitrogens is 4. The van der Waals surface area contributed by atoms with Gasteiger partial charge in [0, 0.05) is 12.7 Å². The molecule has 2 aromatic heterocycles. The normalized spacial score (nSPS) is 10.6. The molecule has 0 amide bonds. The van der Waals surface area contributed by atoms with Gasteiger partial charge in [-0.15, -0.1) is 0 Å². The Morgan fingerprint density at radius 2 is 2.27 bits per heavy atom. The summed E-state index contributed by atoms with van der Waals surface area (Å²) in [5.74, 6) is 0.737. The van der Waals surface area contributed by atoms with Crippen LogP contribution in [0.4, 0.5) is 0 Å². The van der Waals surface area contributed by atoms with E-state index in [2.05, 4.69) is 30.9 Å². The standard InChI is InChI=1S/C9H9BrN4S/c1-5-7(10)9(15)13-8(12-5)6-3-11-4-14(6)2/h3-4H,1-2H3,(H,12,13,15). The maximum Gasteiger partial charge on any atom is 0.157 e. The molecule has 4 nitrogen and oxygen atoms in total. The summed E-state index contributed by atoms with van der Waals surface area (Å²) in [5, 5.41) is 0. The summed E-state index contributed by atoms with van der Waals surface area (Å²) in [7, 11) is 1.91. The predicted octanol–water partition coefficient (Wildman–Crippen LogP) is 2.61. The Labute approximate surface area is 101 Å². The number of H-pyrrole nitrogens is 1. The van der Waals surface area contributed by atoms with Gasteiger partial charge in [0.05, 0.1) is 17.0 Å². The van der Waals surface area contributed by atoms with E-state index < -0.39 is 0 Å². The lowest BCUT2D eigenvalue weighted by Crippen LogP contribution is -1.98. The first-order valence-corrected chi connectivity index (χ1v) is 5.53. The molecule has 0 saturated carbocycles. The van der Waals surface area contributed by atoms with Crippen LogP contribution in [0.5, 0.6) is 0 Å². The molecule has 6 heteroatoms. The van der Waals surface area contributed by atoms with Gasteiger partial charge in [-0.1, -0.05) is 12.2 Å². The molecule has 2 aromatic rings. The summed E-state index contributed by atoms with van der Waals surface area (Å²) < 4.78 is 3.28. The second-order valence-electron chi connectivity index (χ2n) is 3.22. The molecule has 0 radical (unpaired) electrons. The fraction of sp³-hybridized carbons (Fsp3) is 0.222. The van der Waals surface area contributed by atoms with Crippen molar-refractivity contribution in [2.45, 2.75) is 6.92 Å². The fourth-order valence-electron chi connectivity index (χ4n) is 1.28. The van der Waals surface area contributed by atoms with Crippen LogP contribution in [0.15, 0.2) is 17.0 Å². The van der Waals surface area contributed by atoms with Gasteiger partial charge in [-0.05, 0) is 22.9 Å². The zero-order valence-corrected chi connectivity index (χ0v) is 10.7. The summed E-state index contributed by atoms with van der Waals surface area (Å²) in [5.41, 5.74) is 1.88. The lowest BCUT2D eigenvalue weighted by Gasteiger charge is -2.04. The van der Waals surface area contributed by atoms with E-state index in [0.717, 1.165) is 21.7 Å². The van der Waals surface area contributed by atoms with E-state index in [1.54, 1.807) is 12.5 Å². The van der Waals surface area contributed by atoms with Crippen molar-refractivity contribution in [1.82, 2.24) is 19.5 Å². The van der Waals surface area contributed by atoms with Gasteiger partial charge in [0.15, 0.2) is 5.82 Å². The highest BCUT2D eigenvalue weighted by molar-refractivity contribution is 9.10. The Kier molecular flexibility index (Phi) is 2.70. The molecule has 2 heterocycles. The summed E-state index contributed by atoms with van der Waals surface area (Å²) in [6.07, 6.45) is 3.48. The van der Waals surface area contributed by atoms with Crippen LogP contribution in [0.2, 0.25) is 0 Å². The Bertz CT molecular complexity index is 557. The topological polar surface area (TPSA) is 46.5 Å². The highest BCUT2D eigenvalue weighted by Crippen LogP contribution is 2.19. The second kappa shape index (κ2) is 3.86. The van der Waals surface area contributed by atoms with Crippen LogP contribution in [-0.4, -0.2) is 19.5 Å². The second-order valence-corrected chi connectivity index (χ2v) is 4.40. The summed E-state index contributed by atoms with van der Waals surface area (Å²) in [4.78, 5) is 11.5. The molecular weight excluding hydrogens is 276 g/mol. The van der Waals surface area contributed by atoms with Gasteiger partial charge in [0.25, 0.3) is 0 Å². The predicted molar refractivity (Wildman–Crippen MR) is 64.1 cm³/mol. The first-order chi connectivity index (χ1) is 7.09. The maximum absolute atomic E-state index is 5.14. The number of aromatic amines is 1. The minimum atomic E-state index is 0.558. The fourth-order valence-corrected chi connectivity index (χ4v) is 1.71. The van der Waals surface area contributed by atoms with E-state index in [1.165, 1.54) is 0 Å². The van der Waals surface area contributed by atoms with Gasteiger partial charge in [0.1, 0.15) is 10.3 Å². The molecule has 78 valence electrons. The molecule has 0 atom stereocenters. The molecule has 0 aromatic carbocycles. The molecule has 0 unspecified atom stereocenters. The summed E-state index contributed by atoms with van der Waals surface area (Å²) >= 11 is 8.51. The van der Waals surface area contributed by atoms with Crippen molar-refractivity contribution in [2.75, 3.05) is 0 Å². The van der Waals surface area contributed by atoms with Crippen LogP contribution in [-0.2, 0) is 7.05 Å². The smallest absolute Gasteiger partial charge is 0.157 e. The zero-order valence-electron chi connectivity index (χ0n) is 8.28. The Hall–Kier alpha value is -1.01. The lowest BCUT2D eigenvalue weighted by molar-refractivity contribution is 0.903. The SMILES string of the molecule is Cc1[nH]c(-c2cncn2C)nc(=S)c1Br. The minimum Gasteiger partial charge on any atom is -0.341 e. The van der Waals surface area contributed by atoms with Crippen molar-refractivity contribution in [3.05, 3.63) is 27.3 Å². The van der Waals surface area contributed by atoms with Crippen molar-refractivity contribution in [1.29, 1.82) is 0 Å². The van der Waals surface area contributed by atoms with Crippen LogP contribution >= 0.6 is 28.1 Å². The monoisotopic (exact) mass is 284 g/mol. The molecular formula is C9H9BrN4S. The van der Waals surface area contributed by atoms with E-state index in [0.29, 0.717) is 4.64 Å². The van der Waals surface area contributed by atoms with Crippen LogP contribution in [0.25, 0.3) is 11.5 Å². The Morgan fingerprint density at radius 3 is 2.80 bits per heavy atom. The number of halogens is 1. The van der Waals surface area contributed by atoms with Gasteiger partial charge < -0.3 is 9.55 Å². The molecule has 0 aliphatic rings. The van der Waals surface area contributed by atoms with E-state index in [9.17, 15) is 0 Å². The van der Waals surface area contributed by atoms with E-state index in [1.807, 2.05) is 18.5 Å². The van der Waals surface area contributed by atoms with Gasteiger partial charge in [-0.2, -0.15) is 0 Å². The zero-order chi connectivity index (χ0) is 11.0. The van der Waals surface area contributed by atoms with E-state index in [4.69, 9.17) is 12.2 Å². The number of nitrogens with one attached hydrogen (secondary N) is 1. The van der Waals surface area contributed by atoms with Crippen molar-refractivity contribution in [3.63, 3.8) is 0 Å². The largest absolute Gasteiger partial charge is 0.341 e. The molecule has 1 N–H and O–H groups in total. The molecule has 0 aliphatic heterocycles. The molecule has 0 bridgehead atoms. The molecule has 0 fully saturated rings. The van der Waals surface area contributed by atoms with E-state index >= 15 is 0 Å². The molecule has 2 rings (SSSR count). The average Bonchev–Trinajstić information content (AvgIpc) is 2.60. The number of rotatable bonds is 1. The van der Waals surface area contributed by atoms with E-state index in [-0.39, 0.29) is 0 Å². The summed E-state index contributed by atoms with van der Waals surface area (Å²) in [6, 6.07) is 0. The number of hydrogen-bond donors (Lipinski definition) is 1. The molecule has 0 saturated heterocycles. The molecule has 15 heavy (non-hydrogen) atoms. The van der Waals surface area contributed by atoms with Crippen molar-refractivity contribution < 1.29 is 0 Å². The van der Waals surface area contributed by atoms with Crippen LogP contribution < -0.4 is 0 Å².